The molecule has 1 amide bonds. The molecule has 0 atom stereocenters. The Morgan fingerprint density at radius 1 is 1.24 bits per heavy atom. The Bertz CT molecular complexity index is 369. The molecule has 1 aromatic rings. The van der Waals surface area contributed by atoms with Crippen LogP contribution in [0.1, 0.15) is 37.7 Å². The zero-order valence-electron chi connectivity index (χ0n) is 10.1. The highest BCUT2D eigenvalue weighted by Gasteiger charge is 2.36. The summed E-state index contributed by atoms with van der Waals surface area (Å²) >= 11 is 0. The van der Waals surface area contributed by atoms with Crippen molar-refractivity contribution >= 4 is 5.91 Å². The van der Waals surface area contributed by atoms with Crippen LogP contribution in [0.15, 0.2) is 30.3 Å². The molecule has 0 aliphatic heterocycles. The summed E-state index contributed by atoms with van der Waals surface area (Å²) in [5.74, 6) is 0.0678. The number of hydrogen-bond acceptors (Lipinski definition) is 2. The van der Waals surface area contributed by atoms with Crippen LogP contribution in [0.2, 0.25) is 0 Å². The van der Waals surface area contributed by atoms with Crippen LogP contribution in [0, 0.1) is 0 Å². The summed E-state index contributed by atoms with van der Waals surface area (Å²) in [6, 6.07) is 10.3. The van der Waals surface area contributed by atoms with Gasteiger partial charge in [-0.15, -0.1) is 0 Å². The molecule has 0 saturated heterocycles. The van der Waals surface area contributed by atoms with E-state index in [-0.39, 0.29) is 11.4 Å². The summed E-state index contributed by atoms with van der Waals surface area (Å²) in [6.07, 6.45) is 4.84. The minimum atomic E-state index is -0.145. The smallest absolute Gasteiger partial charge is 0.221 e. The van der Waals surface area contributed by atoms with Crippen molar-refractivity contribution < 1.29 is 4.79 Å². The fraction of sp³-hybridized carbons (Fsp3) is 0.500. The highest BCUT2D eigenvalue weighted by Crippen LogP contribution is 2.38. The summed E-state index contributed by atoms with van der Waals surface area (Å²) < 4.78 is 0. The lowest BCUT2D eigenvalue weighted by Gasteiger charge is -2.31. The fourth-order valence-corrected chi connectivity index (χ4v) is 2.68. The van der Waals surface area contributed by atoms with Crippen LogP contribution in [0.4, 0.5) is 0 Å². The normalized spacial score (nSPS) is 17.9. The molecule has 92 valence electrons. The van der Waals surface area contributed by atoms with Gasteiger partial charge in [0.05, 0.1) is 5.54 Å². The van der Waals surface area contributed by atoms with E-state index >= 15 is 0 Å². The van der Waals surface area contributed by atoms with E-state index in [0.29, 0.717) is 13.0 Å². The molecule has 0 spiro atoms. The Morgan fingerprint density at radius 3 is 2.47 bits per heavy atom. The average Bonchev–Trinajstić information content (AvgIpc) is 2.80. The molecule has 0 radical (unpaired) electrons. The first-order chi connectivity index (χ1) is 8.27. The Balaban J connectivity index is 2.18. The van der Waals surface area contributed by atoms with Gasteiger partial charge in [-0.3, -0.25) is 4.79 Å². The van der Waals surface area contributed by atoms with Gasteiger partial charge in [-0.2, -0.15) is 0 Å². The summed E-state index contributed by atoms with van der Waals surface area (Å²) in [5.41, 5.74) is 6.50. The molecule has 3 nitrogen and oxygen atoms in total. The third kappa shape index (κ3) is 2.67. The predicted octanol–water partition coefficient (Wildman–Crippen LogP) is 1.92. The molecule has 1 aliphatic rings. The van der Waals surface area contributed by atoms with E-state index in [0.717, 1.165) is 12.8 Å². The third-order valence-electron chi connectivity index (χ3n) is 3.53. The number of hydrogen-bond donors (Lipinski definition) is 2. The summed E-state index contributed by atoms with van der Waals surface area (Å²) in [7, 11) is 0. The molecule has 1 aromatic carbocycles. The van der Waals surface area contributed by atoms with Crippen molar-refractivity contribution in [3.63, 3.8) is 0 Å². The molecule has 1 aliphatic carbocycles. The lowest BCUT2D eigenvalue weighted by Crippen LogP contribution is -2.44. The van der Waals surface area contributed by atoms with Crippen LogP contribution in [0.25, 0.3) is 0 Å². The first-order valence-electron chi connectivity index (χ1n) is 6.33. The quantitative estimate of drug-likeness (QED) is 0.833. The zero-order chi connectivity index (χ0) is 12.1. The molecule has 1 saturated carbocycles. The van der Waals surface area contributed by atoms with Crippen LogP contribution in [-0.2, 0) is 10.3 Å². The van der Waals surface area contributed by atoms with Gasteiger partial charge in [-0.25, -0.2) is 0 Å². The van der Waals surface area contributed by atoms with E-state index < -0.39 is 0 Å². The monoisotopic (exact) mass is 232 g/mol. The number of carbonyl (C=O) groups excluding carboxylic acids is 1. The second kappa shape index (κ2) is 5.32. The largest absolute Gasteiger partial charge is 0.347 e. The van der Waals surface area contributed by atoms with Gasteiger partial charge in [-0.05, 0) is 18.4 Å². The maximum atomic E-state index is 11.8. The van der Waals surface area contributed by atoms with E-state index in [4.69, 9.17) is 5.73 Å². The van der Waals surface area contributed by atoms with Crippen LogP contribution in [0.3, 0.4) is 0 Å². The standard InChI is InChI=1S/C14H20N2O/c15-11-8-13(17)16-14(9-4-5-10-14)12-6-2-1-3-7-12/h1-3,6-7H,4-5,8-11,15H2,(H,16,17). The number of nitrogens with one attached hydrogen (secondary N) is 1. The van der Waals surface area contributed by atoms with Gasteiger partial charge in [0.15, 0.2) is 0 Å². The minimum absolute atomic E-state index is 0.0678. The summed E-state index contributed by atoms with van der Waals surface area (Å²) in [6.45, 7) is 0.413. The first kappa shape index (κ1) is 12.1. The zero-order valence-corrected chi connectivity index (χ0v) is 10.1. The summed E-state index contributed by atoms with van der Waals surface area (Å²) in [5, 5.41) is 3.19. The van der Waals surface area contributed by atoms with E-state index in [2.05, 4.69) is 17.4 Å². The van der Waals surface area contributed by atoms with E-state index in [1.165, 1.54) is 18.4 Å². The van der Waals surface area contributed by atoms with Crippen molar-refractivity contribution in [1.82, 2.24) is 5.32 Å². The molecule has 3 heteroatoms. The molecule has 1 fully saturated rings. The maximum Gasteiger partial charge on any atom is 0.221 e. The van der Waals surface area contributed by atoms with Gasteiger partial charge in [0.25, 0.3) is 0 Å². The van der Waals surface area contributed by atoms with E-state index in [9.17, 15) is 4.79 Å². The van der Waals surface area contributed by atoms with Gasteiger partial charge in [0, 0.05) is 13.0 Å². The molecule has 0 aromatic heterocycles. The first-order valence-corrected chi connectivity index (χ1v) is 6.33. The van der Waals surface area contributed by atoms with Gasteiger partial charge in [0.2, 0.25) is 5.91 Å². The summed E-state index contributed by atoms with van der Waals surface area (Å²) in [4.78, 5) is 11.8. The van der Waals surface area contributed by atoms with Crippen molar-refractivity contribution in [2.24, 2.45) is 5.73 Å². The lowest BCUT2D eigenvalue weighted by molar-refractivity contribution is -0.122. The fourth-order valence-electron chi connectivity index (χ4n) is 2.68. The minimum Gasteiger partial charge on any atom is -0.347 e. The van der Waals surface area contributed by atoms with Gasteiger partial charge < -0.3 is 11.1 Å². The Labute approximate surface area is 102 Å². The number of benzene rings is 1. The van der Waals surface area contributed by atoms with Crippen molar-refractivity contribution in [1.29, 1.82) is 0 Å². The molecular formula is C14H20N2O. The Hall–Kier alpha value is -1.35. The molecule has 0 heterocycles. The number of amides is 1. The van der Waals surface area contributed by atoms with Gasteiger partial charge in [-0.1, -0.05) is 43.2 Å². The molecule has 3 N–H and O–H groups in total. The van der Waals surface area contributed by atoms with Gasteiger partial charge in [0.1, 0.15) is 0 Å². The van der Waals surface area contributed by atoms with Crippen LogP contribution >= 0.6 is 0 Å². The average molecular weight is 232 g/mol. The predicted molar refractivity (Wildman–Crippen MR) is 68.4 cm³/mol. The van der Waals surface area contributed by atoms with Crippen LogP contribution in [0.5, 0.6) is 0 Å². The van der Waals surface area contributed by atoms with Crippen molar-refractivity contribution in [2.75, 3.05) is 6.54 Å². The van der Waals surface area contributed by atoms with Crippen LogP contribution < -0.4 is 11.1 Å². The molecule has 0 bridgehead atoms. The number of carbonyl (C=O) groups is 1. The van der Waals surface area contributed by atoms with Crippen molar-refractivity contribution in [2.45, 2.75) is 37.6 Å². The second-order valence-electron chi connectivity index (χ2n) is 4.74. The second-order valence-corrected chi connectivity index (χ2v) is 4.74. The highest BCUT2D eigenvalue weighted by molar-refractivity contribution is 5.77. The lowest BCUT2D eigenvalue weighted by atomic mass is 9.88. The number of nitrogens with two attached hydrogens (primary N) is 1. The van der Waals surface area contributed by atoms with Crippen LogP contribution in [-0.4, -0.2) is 12.5 Å². The highest BCUT2D eigenvalue weighted by atomic mass is 16.1. The molecule has 17 heavy (non-hydrogen) atoms. The Kier molecular flexibility index (Phi) is 3.79. The maximum absolute atomic E-state index is 11.8. The van der Waals surface area contributed by atoms with E-state index in [1.807, 2.05) is 18.2 Å². The topological polar surface area (TPSA) is 55.1 Å². The molecular weight excluding hydrogens is 212 g/mol. The third-order valence-corrected chi connectivity index (χ3v) is 3.53. The van der Waals surface area contributed by atoms with E-state index in [1.54, 1.807) is 0 Å². The van der Waals surface area contributed by atoms with Crippen molar-refractivity contribution in [3.8, 4) is 0 Å². The molecule has 0 unspecified atom stereocenters. The SMILES string of the molecule is NCCC(=O)NC1(c2ccccc2)CCCC1. The number of rotatable bonds is 4. The Morgan fingerprint density at radius 2 is 1.88 bits per heavy atom. The molecule has 2 rings (SSSR count). The van der Waals surface area contributed by atoms with Gasteiger partial charge >= 0.3 is 0 Å². The van der Waals surface area contributed by atoms with Crippen molar-refractivity contribution in [3.05, 3.63) is 35.9 Å².